The Morgan fingerprint density at radius 2 is 2.13 bits per heavy atom. The highest BCUT2D eigenvalue weighted by atomic mass is 32.2. The molecule has 0 aromatic heterocycles. The molecule has 1 N–H and O–H groups in total. The molecule has 0 unspecified atom stereocenters. The van der Waals surface area contributed by atoms with Crippen LogP contribution in [0.5, 0.6) is 0 Å². The van der Waals surface area contributed by atoms with Crippen LogP contribution in [0.25, 0.3) is 0 Å². The molecule has 0 radical (unpaired) electrons. The monoisotopic (exact) mass is 238 g/mol. The lowest BCUT2D eigenvalue weighted by Crippen LogP contribution is -2.60. The predicted molar refractivity (Wildman–Crippen MR) is 58.0 cm³/mol. The largest absolute Gasteiger partial charge is 0.314 e. The Balaban J connectivity index is 2.76. The van der Waals surface area contributed by atoms with Gasteiger partial charge in [-0.15, -0.1) is 0 Å². The average molecular weight is 238 g/mol. The lowest BCUT2D eigenvalue weighted by atomic mass is 10.0. The maximum Gasteiger partial charge on any atom is 0.214 e. The summed E-state index contributed by atoms with van der Waals surface area (Å²) in [5.74, 6) is -0.0903. The van der Waals surface area contributed by atoms with Crippen molar-refractivity contribution in [2.24, 2.45) is 0 Å². The van der Waals surface area contributed by atoms with Crippen LogP contribution < -0.4 is 5.32 Å². The normalized spacial score (nSPS) is 22.9. The molecule has 1 aliphatic rings. The number of hydrogen-bond acceptors (Lipinski definition) is 3. The van der Waals surface area contributed by atoms with Gasteiger partial charge in [-0.3, -0.25) is 4.39 Å². The predicted octanol–water partition coefficient (Wildman–Crippen LogP) is 0.360. The van der Waals surface area contributed by atoms with E-state index in [2.05, 4.69) is 5.32 Å². The number of nitrogens with zero attached hydrogens (tertiary/aromatic N) is 1. The minimum atomic E-state index is -3.30. The molecule has 0 aliphatic carbocycles. The van der Waals surface area contributed by atoms with E-state index in [1.807, 2.05) is 13.8 Å². The third-order valence-electron chi connectivity index (χ3n) is 2.60. The SMILES string of the molecule is CC1(C)CNCCN1S(=O)(=O)CCCF. The van der Waals surface area contributed by atoms with Crippen LogP contribution in [0, 0.1) is 0 Å². The quantitative estimate of drug-likeness (QED) is 0.769. The molecule has 0 amide bonds. The first-order valence-corrected chi connectivity index (χ1v) is 6.78. The number of piperazine rings is 1. The van der Waals surface area contributed by atoms with Crippen molar-refractivity contribution in [1.82, 2.24) is 9.62 Å². The topological polar surface area (TPSA) is 49.4 Å². The summed E-state index contributed by atoms with van der Waals surface area (Å²) in [5, 5.41) is 3.15. The van der Waals surface area contributed by atoms with Gasteiger partial charge in [0, 0.05) is 25.2 Å². The maximum absolute atomic E-state index is 12.0. The van der Waals surface area contributed by atoms with Crippen molar-refractivity contribution in [2.45, 2.75) is 25.8 Å². The van der Waals surface area contributed by atoms with E-state index < -0.39 is 22.2 Å². The summed E-state index contributed by atoms with van der Waals surface area (Å²) in [4.78, 5) is 0. The fourth-order valence-corrected chi connectivity index (χ4v) is 3.71. The third-order valence-corrected chi connectivity index (χ3v) is 4.75. The highest BCUT2D eigenvalue weighted by Crippen LogP contribution is 2.21. The molecule has 1 fully saturated rings. The van der Waals surface area contributed by atoms with Crippen molar-refractivity contribution >= 4 is 10.0 Å². The molecule has 6 heteroatoms. The molecule has 0 aromatic carbocycles. The highest BCUT2D eigenvalue weighted by molar-refractivity contribution is 7.89. The molecular weight excluding hydrogens is 219 g/mol. The van der Waals surface area contributed by atoms with E-state index in [0.29, 0.717) is 19.6 Å². The molecule has 1 rings (SSSR count). The van der Waals surface area contributed by atoms with Crippen molar-refractivity contribution in [1.29, 1.82) is 0 Å². The van der Waals surface area contributed by atoms with Crippen LogP contribution >= 0.6 is 0 Å². The lowest BCUT2D eigenvalue weighted by molar-refractivity contribution is 0.185. The Bertz CT molecular complexity index is 303. The van der Waals surface area contributed by atoms with Gasteiger partial charge in [0.25, 0.3) is 0 Å². The Kier molecular flexibility index (Phi) is 4.08. The van der Waals surface area contributed by atoms with E-state index in [4.69, 9.17) is 0 Å². The molecule has 0 atom stereocenters. The molecule has 0 aromatic rings. The minimum absolute atomic E-state index is 0.0857. The standard InChI is InChI=1S/C9H19FN2O2S/c1-9(2)8-11-5-6-12(9)15(13,14)7-3-4-10/h11H,3-8H2,1-2H3. The summed E-state index contributed by atoms with van der Waals surface area (Å²) in [5.41, 5.74) is -0.409. The average Bonchev–Trinajstić information content (AvgIpc) is 2.13. The lowest BCUT2D eigenvalue weighted by Gasteiger charge is -2.41. The Hall–Kier alpha value is -0.200. The molecule has 1 saturated heterocycles. The van der Waals surface area contributed by atoms with Gasteiger partial charge in [0.15, 0.2) is 0 Å². The maximum atomic E-state index is 12.0. The number of sulfonamides is 1. The summed E-state index contributed by atoms with van der Waals surface area (Å²) in [6.45, 7) is 4.96. The second-order valence-electron chi connectivity index (χ2n) is 4.42. The summed E-state index contributed by atoms with van der Waals surface area (Å²) >= 11 is 0. The van der Waals surface area contributed by atoms with Crippen LogP contribution in [-0.2, 0) is 10.0 Å². The van der Waals surface area contributed by atoms with E-state index in [1.54, 1.807) is 0 Å². The van der Waals surface area contributed by atoms with Gasteiger partial charge in [-0.1, -0.05) is 0 Å². The van der Waals surface area contributed by atoms with Crippen LogP contribution in [0.3, 0.4) is 0 Å². The van der Waals surface area contributed by atoms with E-state index in [9.17, 15) is 12.8 Å². The van der Waals surface area contributed by atoms with E-state index in [-0.39, 0.29) is 12.2 Å². The summed E-state index contributed by atoms with van der Waals surface area (Å²) in [6, 6.07) is 0. The number of alkyl halides is 1. The van der Waals surface area contributed by atoms with Crippen molar-refractivity contribution in [2.75, 3.05) is 32.1 Å². The van der Waals surface area contributed by atoms with Crippen molar-refractivity contribution in [3.8, 4) is 0 Å². The van der Waals surface area contributed by atoms with Crippen LogP contribution in [-0.4, -0.2) is 50.3 Å². The van der Waals surface area contributed by atoms with Gasteiger partial charge in [0.05, 0.1) is 12.4 Å². The Labute approximate surface area is 90.9 Å². The van der Waals surface area contributed by atoms with E-state index in [0.717, 1.165) is 0 Å². The molecule has 0 bridgehead atoms. The number of hydrogen-bond donors (Lipinski definition) is 1. The first kappa shape index (κ1) is 12.9. The highest BCUT2D eigenvalue weighted by Gasteiger charge is 2.37. The van der Waals surface area contributed by atoms with E-state index in [1.165, 1.54) is 4.31 Å². The summed E-state index contributed by atoms with van der Waals surface area (Å²) in [6.07, 6.45) is 0.0857. The van der Waals surface area contributed by atoms with Crippen LogP contribution in [0.15, 0.2) is 0 Å². The first-order valence-electron chi connectivity index (χ1n) is 5.17. The first-order chi connectivity index (χ1) is 6.90. The number of rotatable bonds is 4. The summed E-state index contributed by atoms with van der Waals surface area (Å²) in [7, 11) is -3.30. The zero-order valence-corrected chi connectivity index (χ0v) is 10.1. The second kappa shape index (κ2) is 4.76. The van der Waals surface area contributed by atoms with Crippen LogP contribution in [0.4, 0.5) is 4.39 Å². The fraction of sp³-hybridized carbons (Fsp3) is 1.00. The third kappa shape index (κ3) is 3.12. The van der Waals surface area contributed by atoms with Gasteiger partial charge < -0.3 is 5.32 Å². The van der Waals surface area contributed by atoms with Gasteiger partial charge in [-0.25, -0.2) is 8.42 Å². The summed E-state index contributed by atoms with van der Waals surface area (Å²) < 4.78 is 37.3. The van der Waals surface area contributed by atoms with Gasteiger partial charge in [-0.2, -0.15) is 4.31 Å². The van der Waals surface area contributed by atoms with Gasteiger partial charge in [-0.05, 0) is 20.3 Å². The van der Waals surface area contributed by atoms with Gasteiger partial charge >= 0.3 is 0 Å². The Morgan fingerprint density at radius 3 is 2.67 bits per heavy atom. The zero-order chi connectivity index (χ0) is 11.5. The molecule has 90 valence electrons. The van der Waals surface area contributed by atoms with Gasteiger partial charge in [0.2, 0.25) is 10.0 Å². The molecule has 0 spiro atoms. The molecule has 1 aliphatic heterocycles. The molecule has 0 saturated carbocycles. The zero-order valence-electron chi connectivity index (χ0n) is 9.29. The molecule has 15 heavy (non-hydrogen) atoms. The van der Waals surface area contributed by atoms with Crippen molar-refractivity contribution in [3.63, 3.8) is 0 Å². The van der Waals surface area contributed by atoms with Crippen molar-refractivity contribution in [3.05, 3.63) is 0 Å². The fourth-order valence-electron chi connectivity index (χ4n) is 1.83. The smallest absolute Gasteiger partial charge is 0.214 e. The minimum Gasteiger partial charge on any atom is -0.314 e. The van der Waals surface area contributed by atoms with Crippen LogP contribution in [0.2, 0.25) is 0 Å². The molecule has 4 nitrogen and oxygen atoms in total. The van der Waals surface area contributed by atoms with Gasteiger partial charge in [0.1, 0.15) is 0 Å². The molecular formula is C9H19FN2O2S. The molecule has 1 heterocycles. The number of halogens is 1. The van der Waals surface area contributed by atoms with Crippen LogP contribution in [0.1, 0.15) is 20.3 Å². The van der Waals surface area contributed by atoms with E-state index >= 15 is 0 Å². The second-order valence-corrected chi connectivity index (χ2v) is 6.43. The Morgan fingerprint density at radius 1 is 1.47 bits per heavy atom. The number of nitrogens with one attached hydrogen (secondary N) is 1. The van der Waals surface area contributed by atoms with Crippen molar-refractivity contribution < 1.29 is 12.8 Å².